The first kappa shape index (κ1) is 13.5. The number of hydrogen-bond acceptors (Lipinski definition) is 3. The van der Waals surface area contributed by atoms with E-state index in [0.29, 0.717) is 17.9 Å². The van der Waals surface area contributed by atoms with Crippen LogP contribution in [0.5, 0.6) is 0 Å². The second-order valence-electron chi connectivity index (χ2n) is 5.89. The zero-order valence-electron chi connectivity index (χ0n) is 12.0. The van der Waals surface area contributed by atoms with Gasteiger partial charge in [0, 0.05) is 11.4 Å². The first-order valence-electron chi connectivity index (χ1n) is 7.20. The Kier molecular flexibility index (Phi) is 4.33. The summed E-state index contributed by atoms with van der Waals surface area (Å²) in [6.45, 7) is 9.89. The van der Waals surface area contributed by atoms with E-state index in [9.17, 15) is 0 Å². The highest BCUT2D eigenvalue weighted by Gasteiger charge is 2.20. The van der Waals surface area contributed by atoms with E-state index in [1.54, 1.807) is 0 Å². The SMILES string of the molecule is CC(C)c1cc(C(C)C)nc(C2CCCCN2)n1. The minimum Gasteiger partial charge on any atom is -0.307 e. The summed E-state index contributed by atoms with van der Waals surface area (Å²) in [4.78, 5) is 9.53. The van der Waals surface area contributed by atoms with Crippen molar-refractivity contribution >= 4 is 0 Å². The van der Waals surface area contributed by atoms with Gasteiger partial charge in [0.25, 0.3) is 0 Å². The molecule has 0 amide bonds. The first-order chi connectivity index (χ1) is 8.58. The largest absolute Gasteiger partial charge is 0.307 e. The molecule has 0 bridgehead atoms. The van der Waals surface area contributed by atoms with Crippen molar-refractivity contribution in [2.45, 2.75) is 64.8 Å². The summed E-state index contributed by atoms with van der Waals surface area (Å²) in [6.07, 6.45) is 3.72. The zero-order valence-corrected chi connectivity index (χ0v) is 12.0. The van der Waals surface area contributed by atoms with Gasteiger partial charge in [0.1, 0.15) is 5.82 Å². The van der Waals surface area contributed by atoms with Crippen molar-refractivity contribution in [2.75, 3.05) is 6.54 Å². The standard InChI is InChI=1S/C15H25N3/c1-10(2)13-9-14(11(3)4)18-15(17-13)12-7-5-6-8-16-12/h9-12,16H,5-8H2,1-4H3. The second-order valence-corrected chi connectivity index (χ2v) is 5.89. The maximum atomic E-state index is 4.77. The van der Waals surface area contributed by atoms with Gasteiger partial charge in [-0.05, 0) is 37.3 Å². The molecule has 18 heavy (non-hydrogen) atoms. The molecule has 1 unspecified atom stereocenters. The highest BCUT2D eigenvalue weighted by molar-refractivity contribution is 5.18. The molecular formula is C15H25N3. The third kappa shape index (κ3) is 3.08. The Labute approximate surface area is 110 Å². The van der Waals surface area contributed by atoms with Gasteiger partial charge < -0.3 is 5.32 Å². The van der Waals surface area contributed by atoms with Gasteiger partial charge >= 0.3 is 0 Å². The maximum Gasteiger partial charge on any atom is 0.145 e. The molecule has 3 heteroatoms. The third-order valence-corrected chi connectivity index (χ3v) is 3.59. The molecule has 1 aromatic rings. The number of rotatable bonds is 3. The molecule has 1 N–H and O–H groups in total. The fourth-order valence-electron chi connectivity index (χ4n) is 2.33. The summed E-state index contributed by atoms with van der Waals surface area (Å²) in [6, 6.07) is 2.52. The normalized spacial score (nSPS) is 20.7. The van der Waals surface area contributed by atoms with E-state index < -0.39 is 0 Å². The number of hydrogen-bond donors (Lipinski definition) is 1. The lowest BCUT2D eigenvalue weighted by Gasteiger charge is -2.23. The molecular weight excluding hydrogens is 222 g/mol. The number of aromatic nitrogens is 2. The van der Waals surface area contributed by atoms with Crippen molar-refractivity contribution in [3.8, 4) is 0 Å². The third-order valence-electron chi connectivity index (χ3n) is 3.59. The van der Waals surface area contributed by atoms with Crippen molar-refractivity contribution < 1.29 is 0 Å². The fourth-order valence-corrected chi connectivity index (χ4v) is 2.33. The predicted molar refractivity (Wildman–Crippen MR) is 74.8 cm³/mol. The van der Waals surface area contributed by atoms with Crippen LogP contribution in [0.25, 0.3) is 0 Å². The van der Waals surface area contributed by atoms with Crippen molar-refractivity contribution in [3.63, 3.8) is 0 Å². The first-order valence-corrected chi connectivity index (χ1v) is 7.20. The second kappa shape index (κ2) is 5.79. The predicted octanol–water partition coefficient (Wildman–Crippen LogP) is 3.54. The lowest BCUT2D eigenvalue weighted by molar-refractivity contribution is 0.394. The van der Waals surface area contributed by atoms with Gasteiger partial charge in [-0.1, -0.05) is 34.1 Å². The molecule has 2 rings (SSSR count). The Balaban J connectivity index is 2.32. The van der Waals surface area contributed by atoms with E-state index in [2.05, 4.69) is 39.1 Å². The Hall–Kier alpha value is -0.960. The average Bonchev–Trinajstić information content (AvgIpc) is 2.39. The fraction of sp³-hybridized carbons (Fsp3) is 0.733. The van der Waals surface area contributed by atoms with Crippen LogP contribution in [0.15, 0.2) is 6.07 Å². The van der Waals surface area contributed by atoms with Crippen LogP contribution in [-0.4, -0.2) is 16.5 Å². The Morgan fingerprint density at radius 3 is 2.11 bits per heavy atom. The summed E-state index contributed by atoms with van der Waals surface area (Å²) < 4.78 is 0. The van der Waals surface area contributed by atoms with Crippen LogP contribution in [0.1, 0.15) is 82.0 Å². The van der Waals surface area contributed by atoms with Crippen LogP contribution in [0.4, 0.5) is 0 Å². The molecule has 1 saturated heterocycles. The molecule has 1 fully saturated rings. The van der Waals surface area contributed by atoms with Crippen LogP contribution in [0.2, 0.25) is 0 Å². The topological polar surface area (TPSA) is 37.8 Å². The van der Waals surface area contributed by atoms with Gasteiger partial charge in [-0.2, -0.15) is 0 Å². The molecule has 0 aromatic carbocycles. The molecule has 1 atom stereocenters. The lowest BCUT2D eigenvalue weighted by Crippen LogP contribution is -2.29. The summed E-state index contributed by atoms with van der Waals surface area (Å²) in [5.41, 5.74) is 2.35. The maximum absolute atomic E-state index is 4.77. The molecule has 1 aromatic heterocycles. The van der Waals surface area contributed by atoms with Crippen LogP contribution < -0.4 is 5.32 Å². The van der Waals surface area contributed by atoms with E-state index >= 15 is 0 Å². The quantitative estimate of drug-likeness (QED) is 0.887. The van der Waals surface area contributed by atoms with E-state index in [4.69, 9.17) is 9.97 Å². The summed E-state index contributed by atoms with van der Waals surface area (Å²) in [5.74, 6) is 1.94. The van der Waals surface area contributed by atoms with E-state index in [1.807, 2.05) is 0 Å². The zero-order chi connectivity index (χ0) is 13.1. The molecule has 100 valence electrons. The van der Waals surface area contributed by atoms with Crippen molar-refractivity contribution in [1.82, 2.24) is 15.3 Å². The Bertz CT molecular complexity index is 366. The van der Waals surface area contributed by atoms with Crippen LogP contribution in [0, 0.1) is 0 Å². The van der Waals surface area contributed by atoms with Gasteiger partial charge in [0.15, 0.2) is 0 Å². The molecule has 3 nitrogen and oxygen atoms in total. The molecule has 2 heterocycles. The molecule has 0 radical (unpaired) electrons. The van der Waals surface area contributed by atoms with Crippen molar-refractivity contribution in [1.29, 1.82) is 0 Å². The molecule has 0 spiro atoms. The van der Waals surface area contributed by atoms with E-state index in [1.165, 1.54) is 30.7 Å². The smallest absolute Gasteiger partial charge is 0.145 e. The minimum absolute atomic E-state index is 0.356. The number of nitrogens with one attached hydrogen (secondary N) is 1. The Morgan fingerprint density at radius 2 is 1.67 bits per heavy atom. The van der Waals surface area contributed by atoms with Crippen LogP contribution in [-0.2, 0) is 0 Å². The lowest BCUT2D eigenvalue weighted by atomic mass is 10.0. The van der Waals surface area contributed by atoms with Gasteiger partial charge in [-0.15, -0.1) is 0 Å². The van der Waals surface area contributed by atoms with Crippen molar-refractivity contribution in [3.05, 3.63) is 23.3 Å². The highest BCUT2D eigenvalue weighted by Crippen LogP contribution is 2.24. The summed E-state index contributed by atoms with van der Waals surface area (Å²) in [5, 5.41) is 3.54. The summed E-state index contributed by atoms with van der Waals surface area (Å²) >= 11 is 0. The monoisotopic (exact) mass is 247 g/mol. The summed E-state index contributed by atoms with van der Waals surface area (Å²) in [7, 11) is 0. The van der Waals surface area contributed by atoms with Gasteiger partial charge in [-0.3, -0.25) is 0 Å². The van der Waals surface area contributed by atoms with Crippen LogP contribution >= 0.6 is 0 Å². The number of piperidine rings is 1. The van der Waals surface area contributed by atoms with Crippen LogP contribution in [0.3, 0.4) is 0 Å². The number of nitrogens with zero attached hydrogens (tertiary/aromatic N) is 2. The molecule has 1 aliphatic rings. The molecule has 0 aliphatic carbocycles. The minimum atomic E-state index is 0.356. The molecule has 1 aliphatic heterocycles. The van der Waals surface area contributed by atoms with Gasteiger partial charge in [0.2, 0.25) is 0 Å². The Morgan fingerprint density at radius 1 is 1.06 bits per heavy atom. The average molecular weight is 247 g/mol. The van der Waals surface area contributed by atoms with Crippen molar-refractivity contribution in [2.24, 2.45) is 0 Å². The molecule has 0 saturated carbocycles. The van der Waals surface area contributed by atoms with E-state index in [-0.39, 0.29) is 0 Å². The van der Waals surface area contributed by atoms with E-state index in [0.717, 1.165) is 12.4 Å². The van der Waals surface area contributed by atoms with Gasteiger partial charge in [-0.25, -0.2) is 9.97 Å². The highest BCUT2D eigenvalue weighted by atomic mass is 15.0. The van der Waals surface area contributed by atoms with Gasteiger partial charge in [0.05, 0.1) is 6.04 Å².